The minimum Gasteiger partial charge on any atom is -0.508 e. The molecule has 14 heavy (non-hydrogen) atoms. The zero-order chi connectivity index (χ0) is 10.9. The van der Waals surface area contributed by atoms with Gasteiger partial charge in [-0.25, -0.2) is 0 Å². The van der Waals surface area contributed by atoms with Crippen LogP contribution < -0.4 is 0 Å². The highest BCUT2D eigenvalue weighted by Crippen LogP contribution is 2.32. The van der Waals surface area contributed by atoms with Crippen molar-refractivity contribution in [2.45, 2.75) is 26.2 Å². The molecule has 0 fully saturated rings. The van der Waals surface area contributed by atoms with Gasteiger partial charge in [0, 0.05) is 10.6 Å². The fraction of sp³-hybridized carbons (Fsp3) is 0.364. The molecule has 0 aliphatic heterocycles. The third-order valence-electron chi connectivity index (χ3n) is 2.32. The summed E-state index contributed by atoms with van der Waals surface area (Å²) >= 11 is 5.91. The van der Waals surface area contributed by atoms with Crippen LogP contribution in [0.2, 0.25) is 5.02 Å². The molecule has 2 nitrogen and oxygen atoms in total. The molecule has 74 valence electrons. The maximum absolute atomic E-state index is 9.55. The van der Waals surface area contributed by atoms with Gasteiger partial charge in [0.2, 0.25) is 0 Å². The number of halogens is 1. The van der Waals surface area contributed by atoms with Gasteiger partial charge >= 0.3 is 0 Å². The Morgan fingerprint density at radius 2 is 2.00 bits per heavy atom. The van der Waals surface area contributed by atoms with Crippen LogP contribution in [-0.4, -0.2) is 5.11 Å². The Labute approximate surface area is 88.7 Å². The third kappa shape index (κ3) is 1.83. The number of phenols is 1. The largest absolute Gasteiger partial charge is 0.508 e. The van der Waals surface area contributed by atoms with Crippen molar-refractivity contribution in [3.05, 3.63) is 28.3 Å². The van der Waals surface area contributed by atoms with E-state index in [1.807, 2.05) is 0 Å². The first-order chi connectivity index (χ1) is 6.38. The number of nitrogens with zero attached hydrogens (tertiary/aromatic N) is 1. The number of aromatic hydroxyl groups is 1. The van der Waals surface area contributed by atoms with Crippen LogP contribution in [-0.2, 0) is 5.41 Å². The summed E-state index contributed by atoms with van der Waals surface area (Å²) in [4.78, 5) is 0. The highest BCUT2D eigenvalue weighted by molar-refractivity contribution is 6.31. The highest BCUT2D eigenvalue weighted by atomic mass is 35.5. The number of rotatable bonds is 1. The Bertz CT molecular complexity index is 381. The lowest BCUT2D eigenvalue weighted by Crippen LogP contribution is -2.13. The minimum absolute atomic E-state index is 0.135. The lowest BCUT2D eigenvalue weighted by Gasteiger charge is -2.17. The number of hydrogen-bond donors (Lipinski definition) is 1. The topological polar surface area (TPSA) is 44.0 Å². The smallest absolute Gasteiger partial charge is 0.120 e. The summed E-state index contributed by atoms with van der Waals surface area (Å²) in [5.41, 5.74) is 0.742. The predicted octanol–water partition coefficient (Wildman–Crippen LogP) is 3.16. The van der Waals surface area contributed by atoms with Crippen molar-refractivity contribution in [3.8, 4) is 11.8 Å². The molecule has 0 radical (unpaired) electrons. The average Bonchev–Trinajstić information content (AvgIpc) is 2.13. The van der Waals surface area contributed by atoms with E-state index >= 15 is 0 Å². The van der Waals surface area contributed by atoms with Gasteiger partial charge in [0.25, 0.3) is 0 Å². The van der Waals surface area contributed by atoms with Gasteiger partial charge in [0.15, 0.2) is 0 Å². The molecule has 0 heterocycles. The molecule has 0 saturated heterocycles. The molecule has 0 amide bonds. The van der Waals surface area contributed by atoms with Gasteiger partial charge in [-0.3, -0.25) is 0 Å². The summed E-state index contributed by atoms with van der Waals surface area (Å²) in [5, 5.41) is 19.0. The summed E-state index contributed by atoms with van der Waals surface area (Å²) in [5.74, 6) is 0.135. The highest BCUT2D eigenvalue weighted by Gasteiger charge is 2.21. The molecular formula is C11H12ClNO. The maximum Gasteiger partial charge on any atom is 0.120 e. The van der Waals surface area contributed by atoms with Gasteiger partial charge in [0.1, 0.15) is 5.75 Å². The van der Waals surface area contributed by atoms with Crippen molar-refractivity contribution < 1.29 is 5.11 Å². The van der Waals surface area contributed by atoms with Crippen molar-refractivity contribution in [2.75, 3.05) is 0 Å². The molecular weight excluding hydrogens is 198 g/mol. The zero-order valence-electron chi connectivity index (χ0n) is 8.43. The first-order valence-corrected chi connectivity index (χ1v) is 4.67. The second-order valence-corrected chi connectivity index (χ2v) is 4.25. The second-order valence-electron chi connectivity index (χ2n) is 3.84. The molecule has 0 spiro atoms. The first-order valence-electron chi connectivity index (χ1n) is 4.29. The molecule has 0 bridgehead atoms. The fourth-order valence-corrected chi connectivity index (χ4v) is 1.30. The van der Waals surface area contributed by atoms with E-state index in [2.05, 4.69) is 6.07 Å². The van der Waals surface area contributed by atoms with Crippen molar-refractivity contribution >= 4 is 11.6 Å². The van der Waals surface area contributed by atoms with E-state index in [0.29, 0.717) is 10.6 Å². The van der Waals surface area contributed by atoms with E-state index in [-0.39, 0.29) is 5.75 Å². The quantitative estimate of drug-likeness (QED) is 0.772. The second kappa shape index (κ2) is 3.51. The molecule has 0 atom stereocenters. The minimum atomic E-state index is -0.630. The SMILES string of the molecule is Cc1c(O)cc(C(C)(C)C#N)cc1Cl. The van der Waals surface area contributed by atoms with Crippen molar-refractivity contribution in [1.82, 2.24) is 0 Å². The Kier molecular flexibility index (Phi) is 2.73. The van der Waals surface area contributed by atoms with E-state index in [1.54, 1.807) is 32.9 Å². The van der Waals surface area contributed by atoms with Crippen LogP contribution in [0.1, 0.15) is 25.0 Å². The summed E-state index contributed by atoms with van der Waals surface area (Å²) in [7, 11) is 0. The number of hydrogen-bond acceptors (Lipinski definition) is 2. The summed E-state index contributed by atoms with van der Waals surface area (Å²) in [6.45, 7) is 5.31. The number of nitriles is 1. The molecule has 1 aromatic carbocycles. The Hall–Kier alpha value is -1.20. The van der Waals surface area contributed by atoms with Gasteiger partial charge in [0.05, 0.1) is 11.5 Å². The van der Waals surface area contributed by atoms with E-state index < -0.39 is 5.41 Å². The van der Waals surface area contributed by atoms with E-state index in [1.165, 1.54) is 0 Å². The first kappa shape index (κ1) is 10.9. The third-order valence-corrected chi connectivity index (χ3v) is 2.71. The molecule has 0 aliphatic carbocycles. The molecule has 1 rings (SSSR count). The Morgan fingerprint density at radius 3 is 2.43 bits per heavy atom. The molecule has 0 aliphatic rings. The predicted molar refractivity (Wildman–Crippen MR) is 56.5 cm³/mol. The van der Waals surface area contributed by atoms with Crippen LogP contribution in [0.4, 0.5) is 0 Å². The van der Waals surface area contributed by atoms with Gasteiger partial charge in [-0.05, 0) is 38.5 Å². The average molecular weight is 210 g/mol. The monoisotopic (exact) mass is 209 g/mol. The van der Waals surface area contributed by atoms with E-state index in [4.69, 9.17) is 16.9 Å². The maximum atomic E-state index is 9.55. The molecule has 1 aromatic rings. The van der Waals surface area contributed by atoms with Crippen LogP contribution in [0.3, 0.4) is 0 Å². The van der Waals surface area contributed by atoms with Crippen LogP contribution in [0.25, 0.3) is 0 Å². The van der Waals surface area contributed by atoms with Crippen LogP contribution in [0.5, 0.6) is 5.75 Å². The number of benzene rings is 1. The standard InChI is InChI=1S/C11H12ClNO/c1-7-9(12)4-8(5-10(7)14)11(2,3)6-13/h4-5,14H,1-3H3. The molecule has 1 N–H and O–H groups in total. The van der Waals surface area contributed by atoms with Crippen molar-refractivity contribution in [1.29, 1.82) is 5.26 Å². The Morgan fingerprint density at radius 1 is 1.43 bits per heavy atom. The molecule has 3 heteroatoms. The summed E-state index contributed by atoms with van der Waals surface area (Å²) < 4.78 is 0. The van der Waals surface area contributed by atoms with E-state index in [9.17, 15) is 5.11 Å². The van der Waals surface area contributed by atoms with Crippen molar-refractivity contribution in [3.63, 3.8) is 0 Å². The number of phenolic OH excluding ortho intramolecular Hbond substituents is 1. The lowest BCUT2D eigenvalue weighted by atomic mass is 9.86. The van der Waals surface area contributed by atoms with Gasteiger partial charge in [-0.15, -0.1) is 0 Å². The van der Waals surface area contributed by atoms with Gasteiger partial charge < -0.3 is 5.11 Å². The van der Waals surface area contributed by atoms with E-state index in [0.717, 1.165) is 5.56 Å². The van der Waals surface area contributed by atoms with Crippen molar-refractivity contribution in [2.24, 2.45) is 0 Å². The molecule has 0 aromatic heterocycles. The lowest BCUT2D eigenvalue weighted by molar-refractivity contribution is 0.469. The van der Waals surface area contributed by atoms with Gasteiger partial charge in [-0.2, -0.15) is 5.26 Å². The van der Waals surface area contributed by atoms with Crippen LogP contribution >= 0.6 is 11.6 Å². The summed E-state index contributed by atoms with van der Waals surface area (Å²) in [6, 6.07) is 5.47. The molecule has 0 saturated carbocycles. The summed E-state index contributed by atoms with van der Waals surface area (Å²) in [6.07, 6.45) is 0. The fourth-order valence-electron chi connectivity index (χ4n) is 1.09. The van der Waals surface area contributed by atoms with Crippen LogP contribution in [0.15, 0.2) is 12.1 Å². The Balaban J connectivity index is 3.35. The zero-order valence-corrected chi connectivity index (χ0v) is 9.18. The van der Waals surface area contributed by atoms with Crippen LogP contribution in [0, 0.1) is 18.3 Å². The normalized spacial score (nSPS) is 11.1. The molecule has 0 unspecified atom stereocenters. The van der Waals surface area contributed by atoms with Gasteiger partial charge in [-0.1, -0.05) is 11.6 Å².